The molecule has 6 N–H and O–H groups in total. The van der Waals surface area contributed by atoms with Gasteiger partial charge in [0.05, 0.1) is 45.8 Å². The summed E-state index contributed by atoms with van der Waals surface area (Å²) < 4.78 is 0. The van der Waals surface area contributed by atoms with E-state index in [9.17, 15) is 48.9 Å². The largest absolute Gasteiger partial charge is 0.480 e. The first-order valence-electron chi connectivity index (χ1n) is 30.5. The van der Waals surface area contributed by atoms with Gasteiger partial charge in [0.25, 0.3) is 0 Å². The topological polar surface area (TPSA) is 232 Å². The van der Waals surface area contributed by atoms with Crippen molar-refractivity contribution in [1.82, 2.24) is 40.4 Å². The first kappa shape index (κ1) is 70.1. The summed E-state index contributed by atoms with van der Waals surface area (Å²) in [4.78, 5) is 95.4. The van der Waals surface area contributed by atoms with Crippen molar-refractivity contribution in [3.05, 3.63) is 0 Å². The van der Waals surface area contributed by atoms with Crippen LogP contribution in [0.3, 0.4) is 0 Å². The third kappa shape index (κ3) is 44.1. The molecule has 0 saturated carbocycles. The molecule has 0 bridgehead atoms. The monoisotopic (exact) mass is 1080 g/mol. The fourth-order valence-corrected chi connectivity index (χ4v) is 9.88. The maximum Gasteiger partial charge on any atom is 0.317 e. The standard InChI is InChI=1S/C58H110N8O10/c1-3-5-7-9-11-13-15-17-19-21-23-25-27-29-31-33-35-66(36-34-32-30-28-26-24-22-20-18-16-14-12-10-8-6-4-2)55(70)47-61-53(68)45-59-52(67)46-60-54(69)48-62-37-39-63(49-56(71)72)41-43-65(51-58(75)76)44-42-64(40-38-62)50-57(73)74/h3-51H2,1-2H3,(H,59,67)(H,60,69)(H,61,68)(H,71,72)(H,73,74)(H,75,76). The molecule has 1 heterocycles. The van der Waals surface area contributed by atoms with Gasteiger partial charge in [0, 0.05) is 65.4 Å². The normalized spacial score (nSPS) is 14.4. The third-order valence-electron chi connectivity index (χ3n) is 14.6. The average molecular weight is 1080 g/mol. The summed E-state index contributed by atoms with van der Waals surface area (Å²) >= 11 is 0. The first-order chi connectivity index (χ1) is 36.8. The van der Waals surface area contributed by atoms with E-state index in [2.05, 4.69) is 29.8 Å². The summed E-state index contributed by atoms with van der Waals surface area (Å²) in [5.41, 5.74) is 0. The Hall–Kier alpha value is -3.87. The molecule has 0 unspecified atom stereocenters. The van der Waals surface area contributed by atoms with Crippen molar-refractivity contribution >= 4 is 41.5 Å². The molecule has 0 aromatic carbocycles. The van der Waals surface area contributed by atoms with Crippen molar-refractivity contribution in [2.45, 2.75) is 219 Å². The van der Waals surface area contributed by atoms with E-state index in [0.29, 0.717) is 13.1 Å². The van der Waals surface area contributed by atoms with E-state index in [4.69, 9.17) is 0 Å². The van der Waals surface area contributed by atoms with Gasteiger partial charge in [-0.25, -0.2) is 0 Å². The summed E-state index contributed by atoms with van der Waals surface area (Å²) in [6, 6.07) is 0. The number of amides is 4. The molecule has 4 amide bonds. The van der Waals surface area contributed by atoms with Gasteiger partial charge in [-0.05, 0) is 12.8 Å². The smallest absolute Gasteiger partial charge is 0.317 e. The molecule has 1 rings (SSSR count). The number of nitrogens with one attached hydrogen (secondary N) is 3. The molecule has 0 aromatic rings. The second kappa shape index (κ2) is 49.4. The van der Waals surface area contributed by atoms with E-state index in [-0.39, 0.29) is 97.5 Å². The van der Waals surface area contributed by atoms with Gasteiger partial charge in [0.1, 0.15) is 0 Å². The summed E-state index contributed by atoms with van der Waals surface area (Å²) in [6.07, 6.45) is 41.1. The van der Waals surface area contributed by atoms with Crippen LogP contribution in [0.4, 0.5) is 0 Å². The molecular weight excluding hydrogens is 969 g/mol. The quantitative estimate of drug-likeness (QED) is 0.0316. The minimum atomic E-state index is -1.05. The Labute approximate surface area is 459 Å². The highest BCUT2D eigenvalue weighted by molar-refractivity contribution is 5.90. The number of carboxylic acid groups (broad SMARTS) is 3. The van der Waals surface area contributed by atoms with Crippen molar-refractivity contribution in [1.29, 1.82) is 0 Å². The fourth-order valence-electron chi connectivity index (χ4n) is 9.88. The molecular formula is C58H110N8O10. The predicted molar refractivity (Wildman–Crippen MR) is 303 cm³/mol. The van der Waals surface area contributed by atoms with Crippen molar-refractivity contribution in [2.24, 2.45) is 0 Å². The molecule has 442 valence electrons. The molecule has 1 saturated heterocycles. The molecule has 18 heteroatoms. The maximum absolute atomic E-state index is 13.5. The van der Waals surface area contributed by atoms with E-state index in [1.54, 1.807) is 19.6 Å². The number of carboxylic acids is 3. The van der Waals surface area contributed by atoms with Gasteiger partial charge in [-0.1, -0.05) is 206 Å². The number of unbranched alkanes of at least 4 members (excludes halogenated alkanes) is 30. The van der Waals surface area contributed by atoms with Gasteiger partial charge in [-0.15, -0.1) is 0 Å². The minimum absolute atomic E-state index is 0.132. The van der Waals surface area contributed by atoms with Crippen LogP contribution >= 0.6 is 0 Å². The van der Waals surface area contributed by atoms with Crippen molar-refractivity contribution in [3.8, 4) is 0 Å². The Morgan fingerprint density at radius 3 is 0.803 bits per heavy atom. The van der Waals surface area contributed by atoms with E-state index in [1.807, 2.05) is 4.90 Å². The van der Waals surface area contributed by atoms with Gasteiger partial charge < -0.3 is 36.2 Å². The van der Waals surface area contributed by atoms with Crippen LogP contribution in [0, 0.1) is 0 Å². The number of hydrogen-bond acceptors (Lipinski definition) is 11. The van der Waals surface area contributed by atoms with E-state index in [1.165, 1.54) is 167 Å². The molecule has 1 aliphatic rings. The highest BCUT2D eigenvalue weighted by Crippen LogP contribution is 2.16. The average Bonchev–Trinajstić information content (AvgIpc) is 3.38. The van der Waals surface area contributed by atoms with Gasteiger partial charge in [-0.2, -0.15) is 0 Å². The van der Waals surface area contributed by atoms with Crippen LogP contribution in [0.25, 0.3) is 0 Å². The van der Waals surface area contributed by atoms with Gasteiger partial charge >= 0.3 is 17.9 Å². The Bertz CT molecular complexity index is 1460. The molecule has 0 spiro atoms. The zero-order valence-electron chi connectivity index (χ0n) is 48.1. The van der Waals surface area contributed by atoms with Gasteiger partial charge in [0.15, 0.2) is 0 Å². The summed E-state index contributed by atoms with van der Waals surface area (Å²) in [5.74, 6) is -4.88. The SMILES string of the molecule is CCCCCCCCCCCCCCCCCCN(CCCCCCCCCCCCCCCCCC)C(=O)CNC(=O)CNC(=O)CNC(=O)CN1CCN(CC(=O)O)CCN(CC(=O)O)CCN(CC(=O)O)CC1. The minimum Gasteiger partial charge on any atom is -0.480 e. The number of carbonyl (C=O) groups is 7. The molecule has 18 nitrogen and oxygen atoms in total. The van der Waals surface area contributed by atoms with E-state index >= 15 is 0 Å². The molecule has 1 aliphatic heterocycles. The number of carbonyl (C=O) groups excluding carboxylic acids is 4. The Morgan fingerprint density at radius 2 is 0.539 bits per heavy atom. The van der Waals surface area contributed by atoms with Crippen LogP contribution in [0.5, 0.6) is 0 Å². The molecule has 0 radical (unpaired) electrons. The van der Waals surface area contributed by atoms with Crippen molar-refractivity contribution < 1.29 is 48.9 Å². The summed E-state index contributed by atoms with van der Waals surface area (Å²) in [5, 5.41) is 36.1. The number of rotatable bonds is 48. The molecule has 1 fully saturated rings. The highest BCUT2D eigenvalue weighted by atomic mass is 16.4. The van der Waals surface area contributed by atoms with E-state index in [0.717, 1.165) is 38.5 Å². The van der Waals surface area contributed by atoms with Crippen molar-refractivity contribution in [3.63, 3.8) is 0 Å². The fraction of sp³-hybridized carbons (Fsp3) is 0.879. The lowest BCUT2D eigenvalue weighted by molar-refractivity contribution is -0.140. The molecule has 0 aromatic heterocycles. The predicted octanol–water partition coefficient (Wildman–Crippen LogP) is 8.16. The zero-order chi connectivity index (χ0) is 55.7. The van der Waals surface area contributed by atoms with Crippen LogP contribution in [0.1, 0.15) is 219 Å². The number of nitrogens with zero attached hydrogens (tertiary/aromatic N) is 5. The zero-order valence-corrected chi connectivity index (χ0v) is 48.1. The number of aliphatic carboxylic acids is 3. The lowest BCUT2D eigenvalue weighted by atomic mass is 10.0. The summed E-state index contributed by atoms with van der Waals surface area (Å²) in [7, 11) is 0. The maximum atomic E-state index is 13.5. The summed E-state index contributed by atoms with van der Waals surface area (Å²) in [6.45, 7) is 5.92. The Morgan fingerprint density at radius 1 is 0.316 bits per heavy atom. The lowest BCUT2D eigenvalue weighted by Crippen LogP contribution is -2.50. The van der Waals surface area contributed by atoms with Crippen LogP contribution < -0.4 is 16.0 Å². The second-order valence-electron chi connectivity index (χ2n) is 21.6. The van der Waals surface area contributed by atoms with Gasteiger partial charge in [-0.3, -0.25) is 53.2 Å². The molecule has 0 aliphatic carbocycles. The number of hydrogen-bond donors (Lipinski definition) is 6. The Kier molecular flexibility index (Phi) is 45.6. The first-order valence-corrected chi connectivity index (χ1v) is 30.5. The molecule has 0 atom stereocenters. The second-order valence-corrected chi connectivity index (χ2v) is 21.6. The van der Waals surface area contributed by atoms with Crippen LogP contribution in [-0.2, 0) is 33.6 Å². The van der Waals surface area contributed by atoms with Crippen LogP contribution in [-0.4, -0.2) is 193 Å². The van der Waals surface area contributed by atoms with Gasteiger partial charge in [0.2, 0.25) is 23.6 Å². The van der Waals surface area contributed by atoms with Crippen LogP contribution in [0.15, 0.2) is 0 Å². The lowest BCUT2D eigenvalue weighted by Gasteiger charge is -2.32. The Balaban J connectivity index is 2.57. The van der Waals surface area contributed by atoms with Crippen LogP contribution in [0.2, 0.25) is 0 Å². The van der Waals surface area contributed by atoms with E-state index < -0.39 is 42.2 Å². The highest BCUT2D eigenvalue weighted by Gasteiger charge is 2.22. The molecule has 76 heavy (non-hydrogen) atoms. The third-order valence-corrected chi connectivity index (χ3v) is 14.6. The van der Waals surface area contributed by atoms with Crippen molar-refractivity contribution in [2.75, 3.05) is 111 Å².